The molecule has 1 aliphatic carbocycles. The van der Waals surface area contributed by atoms with Gasteiger partial charge in [0.1, 0.15) is 0 Å². The van der Waals surface area contributed by atoms with Gasteiger partial charge in [-0.3, -0.25) is 4.98 Å². The molecule has 2 rings (SSSR count). The summed E-state index contributed by atoms with van der Waals surface area (Å²) in [5, 5.41) is 0. The van der Waals surface area contributed by atoms with Crippen LogP contribution in [0.2, 0.25) is 0 Å². The van der Waals surface area contributed by atoms with Crippen molar-refractivity contribution in [3.63, 3.8) is 0 Å². The molecule has 1 heterocycles. The summed E-state index contributed by atoms with van der Waals surface area (Å²) in [5.74, 6) is 0.873. The van der Waals surface area contributed by atoms with E-state index in [1.165, 1.54) is 18.4 Å². The standard InChI is InChI=1S/C11H16N2/c1-8-2-5-11(13-7-8)10(12)6-9-3-4-9/h2,5,7,9-10H,3-4,6,12H2,1H3/t10-/m1/s1. The molecular formula is C11H16N2. The lowest BCUT2D eigenvalue weighted by Crippen LogP contribution is -2.12. The first-order chi connectivity index (χ1) is 6.25. The zero-order chi connectivity index (χ0) is 9.26. The van der Waals surface area contributed by atoms with Gasteiger partial charge in [-0.1, -0.05) is 18.9 Å². The van der Waals surface area contributed by atoms with Crippen LogP contribution < -0.4 is 5.73 Å². The van der Waals surface area contributed by atoms with Gasteiger partial charge in [-0.25, -0.2) is 0 Å². The van der Waals surface area contributed by atoms with Crippen LogP contribution in [0, 0.1) is 12.8 Å². The van der Waals surface area contributed by atoms with Gasteiger partial charge in [0.2, 0.25) is 0 Å². The lowest BCUT2D eigenvalue weighted by Gasteiger charge is -2.09. The fourth-order valence-corrected chi connectivity index (χ4v) is 1.53. The number of aryl methyl sites for hydroxylation is 1. The molecule has 2 nitrogen and oxygen atoms in total. The minimum Gasteiger partial charge on any atom is -0.323 e. The molecular weight excluding hydrogens is 160 g/mol. The van der Waals surface area contributed by atoms with E-state index in [9.17, 15) is 0 Å². The van der Waals surface area contributed by atoms with Crippen LogP contribution in [0.3, 0.4) is 0 Å². The average molecular weight is 176 g/mol. The molecule has 0 radical (unpaired) electrons. The largest absolute Gasteiger partial charge is 0.323 e. The second-order valence-corrected chi connectivity index (χ2v) is 4.05. The maximum absolute atomic E-state index is 6.02. The van der Waals surface area contributed by atoms with E-state index in [1.54, 1.807) is 0 Å². The zero-order valence-corrected chi connectivity index (χ0v) is 8.03. The van der Waals surface area contributed by atoms with E-state index < -0.39 is 0 Å². The first-order valence-electron chi connectivity index (χ1n) is 4.94. The van der Waals surface area contributed by atoms with Gasteiger partial charge in [0, 0.05) is 12.2 Å². The third-order valence-corrected chi connectivity index (χ3v) is 2.60. The van der Waals surface area contributed by atoms with Crippen LogP contribution in [0.25, 0.3) is 0 Å². The summed E-state index contributed by atoms with van der Waals surface area (Å²) in [7, 11) is 0. The van der Waals surface area contributed by atoms with E-state index in [0.717, 1.165) is 18.0 Å². The Morgan fingerprint density at radius 2 is 2.31 bits per heavy atom. The highest BCUT2D eigenvalue weighted by molar-refractivity contribution is 5.15. The topological polar surface area (TPSA) is 38.9 Å². The first-order valence-corrected chi connectivity index (χ1v) is 4.94. The third kappa shape index (κ3) is 2.28. The van der Waals surface area contributed by atoms with E-state index >= 15 is 0 Å². The van der Waals surface area contributed by atoms with Crippen molar-refractivity contribution in [3.8, 4) is 0 Å². The van der Waals surface area contributed by atoms with Gasteiger partial charge >= 0.3 is 0 Å². The minimum absolute atomic E-state index is 0.146. The number of pyridine rings is 1. The molecule has 0 aliphatic heterocycles. The second-order valence-electron chi connectivity index (χ2n) is 4.05. The minimum atomic E-state index is 0.146. The van der Waals surface area contributed by atoms with Crippen molar-refractivity contribution in [1.82, 2.24) is 4.98 Å². The number of nitrogens with zero attached hydrogens (tertiary/aromatic N) is 1. The van der Waals surface area contributed by atoms with E-state index in [4.69, 9.17) is 5.73 Å². The van der Waals surface area contributed by atoms with Crippen LogP contribution in [0.1, 0.15) is 36.6 Å². The summed E-state index contributed by atoms with van der Waals surface area (Å²) < 4.78 is 0. The van der Waals surface area contributed by atoms with Gasteiger partial charge in [-0.15, -0.1) is 0 Å². The highest BCUT2D eigenvalue weighted by Gasteiger charge is 2.24. The van der Waals surface area contributed by atoms with Crippen LogP contribution in [-0.2, 0) is 0 Å². The number of hydrogen-bond donors (Lipinski definition) is 1. The lowest BCUT2D eigenvalue weighted by molar-refractivity contribution is 0.583. The van der Waals surface area contributed by atoms with E-state index in [1.807, 2.05) is 19.2 Å². The maximum Gasteiger partial charge on any atom is 0.0571 e. The summed E-state index contributed by atoms with van der Waals surface area (Å²) in [6, 6.07) is 4.27. The highest BCUT2D eigenvalue weighted by atomic mass is 14.8. The van der Waals surface area contributed by atoms with Crippen molar-refractivity contribution in [3.05, 3.63) is 29.6 Å². The Balaban J connectivity index is 2.01. The molecule has 0 spiro atoms. The molecule has 1 saturated carbocycles. The van der Waals surface area contributed by atoms with Crippen molar-refractivity contribution < 1.29 is 0 Å². The second kappa shape index (κ2) is 3.46. The van der Waals surface area contributed by atoms with Crippen molar-refractivity contribution in [2.24, 2.45) is 11.7 Å². The molecule has 1 aromatic rings. The fourth-order valence-electron chi connectivity index (χ4n) is 1.53. The Morgan fingerprint density at radius 1 is 1.54 bits per heavy atom. The molecule has 1 atom stereocenters. The lowest BCUT2D eigenvalue weighted by atomic mass is 10.1. The normalized spacial score (nSPS) is 18.6. The van der Waals surface area contributed by atoms with Gasteiger partial charge in [-0.05, 0) is 30.9 Å². The Labute approximate surface area is 79.2 Å². The van der Waals surface area contributed by atoms with Crippen LogP contribution >= 0.6 is 0 Å². The third-order valence-electron chi connectivity index (χ3n) is 2.60. The molecule has 1 aromatic heterocycles. The predicted molar refractivity (Wildman–Crippen MR) is 53.2 cm³/mol. The molecule has 1 aliphatic rings. The maximum atomic E-state index is 6.02. The summed E-state index contributed by atoms with van der Waals surface area (Å²) in [6.45, 7) is 2.04. The van der Waals surface area contributed by atoms with Crippen LogP contribution in [-0.4, -0.2) is 4.98 Å². The number of nitrogens with two attached hydrogens (primary N) is 1. The molecule has 0 saturated heterocycles. The number of rotatable bonds is 3. The van der Waals surface area contributed by atoms with Gasteiger partial charge in [0.15, 0.2) is 0 Å². The van der Waals surface area contributed by atoms with E-state index in [2.05, 4.69) is 11.1 Å². The Bertz CT molecular complexity index is 275. The van der Waals surface area contributed by atoms with Gasteiger partial charge in [0.25, 0.3) is 0 Å². The van der Waals surface area contributed by atoms with Crippen LogP contribution in [0.4, 0.5) is 0 Å². The van der Waals surface area contributed by atoms with Crippen LogP contribution in [0.5, 0.6) is 0 Å². The smallest absolute Gasteiger partial charge is 0.0571 e. The average Bonchev–Trinajstić information content (AvgIpc) is 2.89. The highest BCUT2D eigenvalue weighted by Crippen LogP contribution is 2.36. The molecule has 2 heteroatoms. The molecule has 0 unspecified atom stereocenters. The fraction of sp³-hybridized carbons (Fsp3) is 0.545. The first kappa shape index (κ1) is 8.70. The van der Waals surface area contributed by atoms with Crippen LogP contribution in [0.15, 0.2) is 18.3 Å². The Hall–Kier alpha value is -0.890. The quantitative estimate of drug-likeness (QED) is 0.766. The molecule has 0 bridgehead atoms. The predicted octanol–water partition coefficient (Wildman–Crippen LogP) is 2.19. The summed E-state index contributed by atoms with van der Waals surface area (Å²) >= 11 is 0. The summed E-state index contributed by atoms with van der Waals surface area (Å²) in [6.07, 6.45) is 5.72. The number of hydrogen-bond acceptors (Lipinski definition) is 2. The molecule has 0 aromatic carbocycles. The molecule has 2 N–H and O–H groups in total. The Kier molecular flexibility index (Phi) is 2.32. The summed E-state index contributed by atoms with van der Waals surface area (Å²) in [5.41, 5.74) is 8.26. The molecule has 1 fully saturated rings. The molecule has 0 amide bonds. The summed E-state index contributed by atoms with van der Waals surface area (Å²) in [4.78, 5) is 4.33. The molecule has 70 valence electrons. The van der Waals surface area contributed by atoms with Gasteiger partial charge in [-0.2, -0.15) is 0 Å². The van der Waals surface area contributed by atoms with Crippen molar-refractivity contribution >= 4 is 0 Å². The van der Waals surface area contributed by atoms with E-state index in [0.29, 0.717) is 0 Å². The molecule has 13 heavy (non-hydrogen) atoms. The van der Waals surface area contributed by atoms with Crippen molar-refractivity contribution in [2.45, 2.75) is 32.2 Å². The van der Waals surface area contributed by atoms with Gasteiger partial charge < -0.3 is 5.73 Å². The van der Waals surface area contributed by atoms with Gasteiger partial charge in [0.05, 0.1) is 5.69 Å². The monoisotopic (exact) mass is 176 g/mol. The Morgan fingerprint density at radius 3 is 2.85 bits per heavy atom. The number of aromatic nitrogens is 1. The van der Waals surface area contributed by atoms with Crippen molar-refractivity contribution in [1.29, 1.82) is 0 Å². The van der Waals surface area contributed by atoms with Crippen molar-refractivity contribution in [2.75, 3.05) is 0 Å². The SMILES string of the molecule is Cc1ccc([C@H](N)CC2CC2)nc1. The zero-order valence-electron chi connectivity index (χ0n) is 8.03. The van der Waals surface area contributed by atoms with E-state index in [-0.39, 0.29) is 6.04 Å².